The van der Waals surface area contributed by atoms with E-state index >= 15 is 0 Å². The normalized spacial score (nSPS) is 10.5. The van der Waals surface area contributed by atoms with Gasteiger partial charge in [0.15, 0.2) is 6.61 Å². The average molecular weight is 371 g/mol. The molecule has 0 atom stereocenters. The van der Waals surface area contributed by atoms with Crippen LogP contribution in [0, 0.1) is 13.8 Å². The Balaban J connectivity index is 1.47. The highest BCUT2D eigenvalue weighted by Crippen LogP contribution is 2.18. The minimum Gasteiger partial charge on any atom is -0.454 e. The van der Waals surface area contributed by atoms with Crippen LogP contribution in [0.15, 0.2) is 39.5 Å². The Labute approximate surface area is 154 Å². The van der Waals surface area contributed by atoms with Crippen molar-refractivity contribution in [2.24, 2.45) is 0 Å². The molecule has 3 rings (SSSR count). The van der Waals surface area contributed by atoms with Crippen molar-refractivity contribution in [1.29, 1.82) is 0 Å². The second-order valence-corrected chi connectivity index (χ2v) is 6.45. The standard InChI is InChI=1S/C18H17N3O4S/c1-11-3-4-13(7-12(11)2)18(23)19-8-16(22)24-9-15-20-17(21-25-15)14-5-6-26-10-14/h3-7,10H,8-9H2,1-2H3,(H,19,23). The number of aromatic nitrogens is 2. The molecule has 0 bridgehead atoms. The second-order valence-electron chi connectivity index (χ2n) is 5.67. The van der Waals surface area contributed by atoms with Crippen LogP contribution in [0.5, 0.6) is 0 Å². The first kappa shape index (κ1) is 17.8. The van der Waals surface area contributed by atoms with Crippen molar-refractivity contribution in [3.63, 3.8) is 0 Å². The van der Waals surface area contributed by atoms with Crippen LogP contribution in [0.4, 0.5) is 0 Å². The molecule has 0 unspecified atom stereocenters. The number of carbonyl (C=O) groups excluding carboxylic acids is 2. The molecule has 0 saturated heterocycles. The maximum atomic E-state index is 12.1. The van der Waals surface area contributed by atoms with Gasteiger partial charge in [0, 0.05) is 16.5 Å². The van der Waals surface area contributed by atoms with Gasteiger partial charge in [-0.15, -0.1) is 0 Å². The first-order chi connectivity index (χ1) is 12.5. The van der Waals surface area contributed by atoms with Crippen LogP contribution in [0.3, 0.4) is 0 Å². The molecule has 2 heterocycles. The summed E-state index contributed by atoms with van der Waals surface area (Å²) in [6.45, 7) is 3.51. The Morgan fingerprint density at radius 3 is 2.81 bits per heavy atom. The zero-order valence-electron chi connectivity index (χ0n) is 14.3. The third-order valence-corrected chi connectivity index (χ3v) is 4.45. The number of nitrogens with one attached hydrogen (secondary N) is 1. The van der Waals surface area contributed by atoms with Crippen molar-refractivity contribution < 1.29 is 18.8 Å². The Morgan fingerprint density at radius 1 is 1.23 bits per heavy atom. The minimum atomic E-state index is -0.586. The third-order valence-electron chi connectivity index (χ3n) is 3.77. The topological polar surface area (TPSA) is 94.3 Å². The minimum absolute atomic E-state index is 0.143. The maximum Gasteiger partial charge on any atom is 0.325 e. The van der Waals surface area contributed by atoms with E-state index in [9.17, 15) is 9.59 Å². The molecule has 1 aromatic carbocycles. The summed E-state index contributed by atoms with van der Waals surface area (Å²) in [7, 11) is 0. The first-order valence-corrected chi connectivity index (χ1v) is 8.83. The molecule has 0 aliphatic carbocycles. The van der Waals surface area contributed by atoms with E-state index in [1.165, 1.54) is 11.3 Å². The number of rotatable bonds is 6. The molecular formula is C18H17N3O4S. The van der Waals surface area contributed by atoms with Gasteiger partial charge in [0.25, 0.3) is 11.8 Å². The molecule has 0 spiro atoms. The lowest BCUT2D eigenvalue weighted by atomic mass is 10.1. The summed E-state index contributed by atoms with van der Waals surface area (Å²) >= 11 is 1.52. The van der Waals surface area contributed by atoms with Gasteiger partial charge in [-0.1, -0.05) is 11.2 Å². The number of esters is 1. The molecule has 1 N–H and O–H groups in total. The molecule has 0 radical (unpaired) electrons. The summed E-state index contributed by atoms with van der Waals surface area (Å²) in [5.41, 5.74) is 3.45. The van der Waals surface area contributed by atoms with E-state index < -0.39 is 5.97 Å². The van der Waals surface area contributed by atoms with E-state index in [1.54, 1.807) is 12.1 Å². The van der Waals surface area contributed by atoms with Crippen LogP contribution in [0.25, 0.3) is 11.4 Å². The van der Waals surface area contributed by atoms with Crippen LogP contribution in [0.2, 0.25) is 0 Å². The Morgan fingerprint density at radius 2 is 2.08 bits per heavy atom. The lowest BCUT2D eigenvalue weighted by Gasteiger charge is -2.07. The van der Waals surface area contributed by atoms with Gasteiger partial charge in [-0.05, 0) is 48.6 Å². The van der Waals surface area contributed by atoms with Crippen LogP contribution < -0.4 is 5.32 Å². The monoisotopic (exact) mass is 371 g/mol. The summed E-state index contributed by atoms with van der Waals surface area (Å²) in [6.07, 6.45) is 0. The van der Waals surface area contributed by atoms with Gasteiger partial charge in [0.1, 0.15) is 6.54 Å². The highest BCUT2D eigenvalue weighted by Gasteiger charge is 2.13. The van der Waals surface area contributed by atoms with E-state index in [0.29, 0.717) is 11.4 Å². The Bertz CT molecular complexity index is 918. The number of hydrogen-bond donors (Lipinski definition) is 1. The number of amides is 1. The van der Waals surface area contributed by atoms with Gasteiger partial charge in [-0.25, -0.2) is 0 Å². The predicted octanol–water partition coefficient (Wildman–Crippen LogP) is 2.89. The van der Waals surface area contributed by atoms with Crippen molar-refractivity contribution in [2.75, 3.05) is 6.54 Å². The van der Waals surface area contributed by atoms with Crippen LogP contribution in [-0.4, -0.2) is 28.6 Å². The van der Waals surface area contributed by atoms with Gasteiger partial charge in [0.2, 0.25) is 5.82 Å². The largest absolute Gasteiger partial charge is 0.454 e. The molecule has 0 aliphatic heterocycles. The van der Waals surface area contributed by atoms with Crippen molar-refractivity contribution in [1.82, 2.24) is 15.5 Å². The quantitative estimate of drug-likeness (QED) is 0.670. The first-order valence-electron chi connectivity index (χ1n) is 7.89. The van der Waals surface area contributed by atoms with Crippen molar-refractivity contribution in [2.45, 2.75) is 20.5 Å². The highest BCUT2D eigenvalue weighted by molar-refractivity contribution is 7.08. The van der Waals surface area contributed by atoms with Gasteiger partial charge in [-0.3, -0.25) is 9.59 Å². The molecule has 0 aliphatic rings. The number of thiophene rings is 1. The average Bonchev–Trinajstić information content (AvgIpc) is 3.31. The number of benzene rings is 1. The Kier molecular flexibility index (Phi) is 5.43. The zero-order chi connectivity index (χ0) is 18.5. The third kappa shape index (κ3) is 4.34. The van der Waals surface area contributed by atoms with E-state index in [4.69, 9.17) is 9.26 Å². The predicted molar refractivity (Wildman–Crippen MR) is 95.7 cm³/mol. The van der Waals surface area contributed by atoms with Crippen LogP contribution in [0.1, 0.15) is 27.4 Å². The summed E-state index contributed by atoms with van der Waals surface area (Å²) in [4.78, 5) is 28.0. The van der Waals surface area contributed by atoms with Gasteiger partial charge in [0.05, 0.1) is 0 Å². The smallest absolute Gasteiger partial charge is 0.325 e. The van der Waals surface area contributed by atoms with E-state index in [1.807, 2.05) is 36.7 Å². The van der Waals surface area contributed by atoms with Gasteiger partial charge >= 0.3 is 5.97 Å². The molecule has 8 heteroatoms. The Hall–Kier alpha value is -3.00. The van der Waals surface area contributed by atoms with Gasteiger partial charge < -0.3 is 14.6 Å². The number of hydrogen-bond acceptors (Lipinski definition) is 7. The van der Waals surface area contributed by atoms with Crippen molar-refractivity contribution >= 4 is 23.2 Å². The van der Waals surface area contributed by atoms with Crippen molar-refractivity contribution in [3.05, 3.63) is 57.6 Å². The zero-order valence-corrected chi connectivity index (χ0v) is 15.1. The summed E-state index contributed by atoms with van der Waals surface area (Å²) in [5.74, 6) is -0.277. The molecular weight excluding hydrogens is 354 g/mol. The fourth-order valence-corrected chi connectivity index (χ4v) is 2.79. The second kappa shape index (κ2) is 7.92. The fraction of sp³-hybridized carbons (Fsp3) is 0.222. The van der Waals surface area contributed by atoms with E-state index in [-0.39, 0.29) is 24.9 Å². The SMILES string of the molecule is Cc1ccc(C(=O)NCC(=O)OCc2nc(-c3ccsc3)no2)cc1C. The number of nitrogens with zero attached hydrogens (tertiary/aromatic N) is 2. The van der Waals surface area contributed by atoms with Gasteiger partial charge in [-0.2, -0.15) is 16.3 Å². The molecule has 0 fully saturated rings. The lowest BCUT2D eigenvalue weighted by Crippen LogP contribution is -2.30. The lowest BCUT2D eigenvalue weighted by molar-refractivity contribution is -0.144. The number of aryl methyl sites for hydroxylation is 2. The van der Waals surface area contributed by atoms with Crippen molar-refractivity contribution in [3.8, 4) is 11.4 Å². The summed E-state index contributed by atoms with van der Waals surface area (Å²) in [5, 5.41) is 10.2. The molecule has 26 heavy (non-hydrogen) atoms. The number of carbonyl (C=O) groups is 2. The molecule has 1 amide bonds. The van der Waals surface area contributed by atoms with E-state index in [2.05, 4.69) is 15.5 Å². The molecule has 3 aromatic rings. The molecule has 7 nitrogen and oxygen atoms in total. The van der Waals surface area contributed by atoms with Crippen LogP contribution in [-0.2, 0) is 16.1 Å². The number of ether oxygens (including phenoxy) is 1. The molecule has 0 saturated carbocycles. The van der Waals surface area contributed by atoms with E-state index in [0.717, 1.165) is 16.7 Å². The fourth-order valence-electron chi connectivity index (χ4n) is 2.15. The maximum absolute atomic E-state index is 12.1. The highest BCUT2D eigenvalue weighted by atomic mass is 32.1. The molecule has 2 aromatic heterocycles. The molecule has 134 valence electrons. The van der Waals surface area contributed by atoms with Crippen LogP contribution >= 0.6 is 11.3 Å². The summed E-state index contributed by atoms with van der Waals surface area (Å²) < 4.78 is 10.1. The summed E-state index contributed by atoms with van der Waals surface area (Å²) in [6, 6.07) is 7.23.